The fraction of sp³-hybridized carbons (Fsp3) is 0.750. The Morgan fingerprint density at radius 2 is 2.00 bits per heavy atom. The number of nitrogens with zero attached hydrogens (tertiary/aromatic N) is 4. The Balaban J connectivity index is 1.72. The maximum Gasteiger partial charge on any atom is 0.191 e. The number of guanidine groups is 1. The molecule has 124 valence electrons. The van der Waals surface area contributed by atoms with Crippen molar-refractivity contribution in [1.82, 2.24) is 25.1 Å². The van der Waals surface area contributed by atoms with Gasteiger partial charge in [-0.25, -0.2) is 4.98 Å². The van der Waals surface area contributed by atoms with E-state index in [2.05, 4.69) is 43.9 Å². The summed E-state index contributed by atoms with van der Waals surface area (Å²) in [6.45, 7) is 9.66. The monoisotopic (exact) mass is 306 g/mol. The van der Waals surface area contributed by atoms with Crippen molar-refractivity contribution in [3.05, 3.63) is 18.7 Å². The lowest BCUT2D eigenvalue weighted by Crippen LogP contribution is -2.55. The first-order chi connectivity index (χ1) is 10.6. The van der Waals surface area contributed by atoms with Gasteiger partial charge in [-0.1, -0.05) is 6.42 Å². The molecule has 6 nitrogen and oxygen atoms in total. The topological polar surface area (TPSA) is 57.5 Å². The molecule has 0 spiro atoms. The third-order valence-corrected chi connectivity index (χ3v) is 4.35. The zero-order valence-electron chi connectivity index (χ0n) is 14.2. The van der Waals surface area contributed by atoms with E-state index < -0.39 is 0 Å². The first-order valence-corrected chi connectivity index (χ1v) is 8.27. The van der Waals surface area contributed by atoms with Crippen LogP contribution in [0.4, 0.5) is 0 Å². The highest BCUT2D eigenvalue weighted by Gasteiger charge is 2.27. The Labute approximate surface area is 134 Å². The number of nitrogens with one attached hydrogen (secondary N) is 2. The van der Waals surface area contributed by atoms with E-state index in [1.807, 2.05) is 19.6 Å². The Kier molecular flexibility index (Phi) is 6.24. The van der Waals surface area contributed by atoms with Gasteiger partial charge in [-0.3, -0.25) is 9.89 Å². The molecule has 0 unspecified atom stereocenters. The van der Waals surface area contributed by atoms with Gasteiger partial charge in [0, 0.05) is 44.6 Å². The molecule has 0 saturated carbocycles. The molecule has 0 aromatic carbocycles. The lowest BCUT2D eigenvalue weighted by molar-refractivity contribution is 0.0982. The van der Waals surface area contributed by atoms with Crippen molar-refractivity contribution < 1.29 is 0 Å². The van der Waals surface area contributed by atoms with Gasteiger partial charge in [0.1, 0.15) is 0 Å². The largest absolute Gasteiger partial charge is 0.355 e. The fourth-order valence-corrected chi connectivity index (χ4v) is 2.85. The first kappa shape index (κ1) is 16.8. The molecule has 1 aromatic rings. The minimum Gasteiger partial charge on any atom is -0.355 e. The SMILES string of the molecule is CN=C(NCCn1ccnc1)NCC(C)(C)N1CCCCC1. The molecule has 0 atom stereocenters. The first-order valence-electron chi connectivity index (χ1n) is 8.27. The minimum atomic E-state index is 0.155. The molecule has 1 saturated heterocycles. The maximum absolute atomic E-state index is 4.31. The van der Waals surface area contributed by atoms with Gasteiger partial charge in [-0.2, -0.15) is 0 Å². The van der Waals surface area contributed by atoms with Crippen molar-refractivity contribution in [2.45, 2.75) is 45.2 Å². The lowest BCUT2D eigenvalue weighted by atomic mass is 9.98. The van der Waals surface area contributed by atoms with E-state index in [9.17, 15) is 0 Å². The Hall–Kier alpha value is -1.56. The smallest absolute Gasteiger partial charge is 0.191 e. The van der Waals surface area contributed by atoms with Crippen LogP contribution in [0.25, 0.3) is 0 Å². The Morgan fingerprint density at radius 1 is 1.23 bits per heavy atom. The number of piperidine rings is 1. The summed E-state index contributed by atoms with van der Waals surface area (Å²) in [5, 5.41) is 6.81. The summed E-state index contributed by atoms with van der Waals surface area (Å²) in [7, 11) is 1.82. The van der Waals surface area contributed by atoms with Crippen LogP contribution in [0.2, 0.25) is 0 Å². The summed E-state index contributed by atoms with van der Waals surface area (Å²) in [4.78, 5) is 10.9. The number of rotatable bonds is 6. The molecule has 2 rings (SSSR count). The highest BCUT2D eigenvalue weighted by atomic mass is 15.2. The average molecular weight is 306 g/mol. The third-order valence-electron chi connectivity index (χ3n) is 4.35. The van der Waals surface area contributed by atoms with Gasteiger partial charge in [-0.05, 0) is 39.8 Å². The van der Waals surface area contributed by atoms with Crippen molar-refractivity contribution >= 4 is 5.96 Å². The van der Waals surface area contributed by atoms with Crippen molar-refractivity contribution in [2.75, 3.05) is 33.2 Å². The number of hydrogen-bond donors (Lipinski definition) is 2. The summed E-state index contributed by atoms with van der Waals surface area (Å²) >= 11 is 0. The van der Waals surface area contributed by atoms with Crippen LogP contribution < -0.4 is 10.6 Å². The quantitative estimate of drug-likeness (QED) is 0.615. The van der Waals surface area contributed by atoms with Crippen molar-refractivity contribution in [3.8, 4) is 0 Å². The van der Waals surface area contributed by atoms with E-state index in [1.54, 1.807) is 6.20 Å². The zero-order chi connectivity index (χ0) is 15.8. The van der Waals surface area contributed by atoms with Crippen LogP contribution in [0.5, 0.6) is 0 Å². The van der Waals surface area contributed by atoms with Gasteiger partial charge in [0.2, 0.25) is 0 Å². The number of imidazole rings is 1. The van der Waals surface area contributed by atoms with Crippen LogP contribution in [-0.4, -0.2) is 59.2 Å². The third kappa shape index (κ3) is 5.02. The predicted octanol–water partition coefficient (Wildman–Crippen LogP) is 1.31. The number of hydrogen-bond acceptors (Lipinski definition) is 3. The van der Waals surface area contributed by atoms with Crippen LogP contribution in [-0.2, 0) is 6.54 Å². The molecule has 1 aliphatic rings. The van der Waals surface area contributed by atoms with Crippen LogP contribution in [0.3, 0.4) is 0 Å². The summed E-state index contributed by atoms with van der Waals surface area (Å²) in [6, 6.07) is 0. The second kappa shape index (κ2) is 8.17. The summed E-state index contributed by atoms with van der Waals surface area (Å²) in [5.41, 5.74) is 0.155. The summed E-state index contributed by atoms with van der Waals surface area (Å²) in [5.74, 6) is 0.866. The molecule has 1 aromatic heterocycles. The van der Waals surface area contributed by atoms with Gasteiger partial charge in [0.15, 0.2) is 5.96 Å². The van der Waals surface area contributed by atoms with Crippen LogP contribution in [0, 0.1) is 0 Å². The van der Waals surface area contributed by atoms with Gasteiger partial charge in [0.25, 0.3) is 0 Å². The fourth-order valence-electron chi connectivity index (χ4n) is 2.85. The molecule has 2 N–H and O–H groups in total. The molecule has 0 amide bonds. The molecular weight excluding hydrogens is 276 g/mol. The molecule has 6 heteroatoms. The van der Waals surface area contributed by atoms with Gasteiger partial charge in [0.05, 0.1) is 6.33 Å². The molecule has 1 aliphatic heterocycles. The molecule has 0 radical (unpaired) electrons. The molecule has 0 aliphatic carbocycles. The van der Waals surface area contributed by atoms with Gasteiger partial charge < -0.3 is 15.2 Å². The predicted molar refractivity (Wildman–Crippen MR) is 91.1 cm³/mol. The Morgan fingerprint density at radius 3 is 2.64 bits per heavy atom. The van der Waals surface area contributed by atoms with Crippen LogP contribution in [0.15, 0.2) is 23.7 Å². The number of aliphatic imine (C=N–C) groups is 1. The van der Waals surface area contributed by atoms with E-state index in [4.69, 9.17) is 0 Å². The second-order valence-corrected chi connectivity index (χ2v) is 6.51. The van der Waals surface area contributed by atoms with Crippen molar-refractivity contribution in [1.29, 1.82) is 0 Å². The van der Waals surface area contributed by atoms with E-state index >= 15 is 0 Å². The van der Waals surface area contributed by atoms with Crippen molar-refractivity contribution in [3.63, 3.8) is 0 Å². The van der Waals surface area contributed by atoms with Crippen LogP contribution in [0.1, 0.15) is 33.1 Å². The maximum atomic E-state index is 4.31. The van der Waals surface area contributed by atoms with Crippen LogP contribution >= 0.6 is 0 Å². The minimum absolute atomic E-state index is 0.155. The second-order valence-electron chi connectivity index (χ2n) is 6.51. The molecule has 2 heterocycles. The number of aromatic nitrogens is 2. The molecular formula is C16H30N6. The lowest BCUT2D eigenvalue weighted by Gasteiger charge is -2.41. The average Bonchev–Trinajstić information content (AvgIpc) is 3.05. The standard InChI is InChI=1S/C16H30N6/c1-16(2,22-9-5-4-6-10-22)13-20-15(17-3)19-8-12-21-11-7-18-14-21/h7,11,14H,4-6,8-10,12-13H2,1-3H3,(H2,17,19,20). The Bertz CT molecular complexity index is 445. The zero-order valence-corrected chi connectivity index (χ0v) is 14.2. The summed E-state index contributed by atoms with van der Waals surface area (Å²) in [6.07, 6.45) is 9.61. The summed E-state index contributed by atoms with van der Waals surface area (Å²) < 4.78 is 2.05. The van der Waals surface area contributed by atoms with Gasteiger partial charge in [-0.15, -0.1) is 0 Å². The van der Waals surface area contributed by atoms with E-state index in [0.717, 1.165) is 25.6 Å². The van der Waals surface area contributed by atoms with E-state index in [0.29, 0.717) is 0 Å². The highest BCUT2D eigenvalue weighted by Crippen LogP contribution is 2.19. The van der Waals surface area contributed by atoms with E-state index in [-0.39, 0.29) is 5.54 Å². The molecule has 0 bridgehead atoms. The normalized spacial score (nSPS) is 17.5. The number of likely N-dealkylation sites (tertiary alicyclic amines) is 1. The van der Waals surface area contributed by atoms with E-state index in [1.165, 1.54) is 32.4 Å². The molecule has 22 heavy (non-hydrogen) atoms. The van der Waals surface area contributed by atoms with Gasteiger partial charge >= 0.3 is 0 Å². The van der Waals surface area contributed by atoms with Crippen molar-refractivity contribution in [2.24, 2.45) is 4.99 Å². The molecule has 1 fully saturated rings. The highest BCUT2D eigenvalue weighted by molar-refractivity contribution is 5.79.